The summed E-state index contributed by atoms with van der Waals surface area (Å²) in [6, 6.07) is 9.26. The largest absolute Gasteiger partial charge is 0.481 e. The average molecular weight is 295 g/mol. The fraction of sp³-hybridized carbons (Fsp3) is 0.467. The molecule has 6 heteroatoms. The van der Waals surface area contributed by atoms with Crippen molar-refractivity contribution in [3.63, 3.8) is 0 Å². The van der Waals surface area contributed by atoms with Crippen molar-refractivity contribution < 1.29 is 24.2 Å². The highest BCUT2D eigenvalue weighted by atomic mass is 16.5. The zero-order valence-electron chi connectivity index (χ0n) is 12.3. The lowest BCUT2D eigenvalue weighted by atomic mass is 9.94. The third kappa shape index (κ3) is 6.76. The van der Waals surface area contributed by atoms with Crippen LogP contribution in [0.1, 0.15) is 25.3 Å². The lowest BCUT2D eigenvalue weighted by Gasteiger charge is -2.28. The number of ether oxygens (including phenoxy) is 2. The Morgan fingerprint density at radius 1 is 1.29 bits per heavy atom. The number of rotatable bonds is 8. The van der Waals surface area contributed by atoms with E-state index in [1.807, 2.05) is 30.3 Å². The minimum Gasteiger partial charge on any atom is -0.481 e. The number of hydrogen-bond donors (Lipinski definition) is 2. The number of carboxylic acid groups (broad SMARTS) is 1. The van der Waals surface area contributed by atoms with Gasteiger partial charge in [0, 0.05) is 13.7 Å². The monoisotopic (exact) mass is 295 g/mol. The van der Waals surface area contributed by atoms with E-state index in [1.165, 1.54) is 7.11 Å². The second-order valence-corrected chi connectivity index (χ2v) is 5.06. The number of hydrogen-bond acceptors (Lipinski definition) is 4. The Hall–Kier alpha value is -2.08. The fourth-order valence-electron chi connectivity index (χ4n) is 1.86. The molecule has 0 radical (unpaired) electrons. The van der Waals surface area contributed by atoms with Gasteiger partial charge in [-0.25, -0.2) is 4.79 Å². The molecule has 1 aromatic rings. The van der Waals surface area contributed by atoms with Gasteiger partial charge in [0.05, 0.1) is 12.0 Å². The molecule has 0 aromatic heterocycles. The normalized spacial score (nSPS) is 13.2. The van der Waals surface area contributed by atoms with Gasteiger partial charge >= 0.3 is 12.1 Å². The Labute approximate surface area is 124 Å². The third-order valence-electron chi connectivity index (χ3n) is 3.02. The number of amides is 1. The first-order chi connectivity index (χ1) is 9.95. The number of carbonyl (C=O) groups is 2. The molecule has 0 spiro atoms. The van der Waals surface area contributed by atoms with E-state index in [0.29, 0.717) is 13.0 Å². The summed E-state index contributed by atoms with van der Waals surface area (Å²) in [5.41, 5.74) is -0.0419. The molecule has 0 aliphatic carbocycles. The smallest absolute Gasteiger partial charge is 0.407 e. The van der Waals surface area contributed by atoms with Crippen LogP contribution in [0.2, 0.25) is 0 Å². The maximum absolute atomic E-state index is 11.8. The predicted molar refractivity (Wildman–Crippen MR) is 76.9 cm³/mol. The molecular formula is C15H21NO5. The first-order valence-electron chi connectivity index (χ1n) is 6.65. The van der Waals surface area contributed by atoms with Crippen LogP contribution in [0.5, 0.6) is 0 Å². The van der Waals surface area contributed by atoms with Crippen LogP contribution in [0.15, 0.2) is 30.3 Å². The molecule has 0 fully saturated rings. The number of benzene rings is 1. The number of carbonyl (C=O) groups excluding carboxylic acids is 1. The van der Waals surface area contributed by atoms with Crippen LogP contribution >= 0.6 is 0 Å². The quantitative estimate of drug-likeness (QED) is 0.768. The number of aliphatic carboxylic acids is 1. The first-order valence-corrected chi connectivity index (χ1v) is 6.65. The van der Waals surface area contributed by atoms with Crippen molar-refractivity contribution in [2.45, 2.75) is 31.9 Å². The average Bonchev–Trinajstić information content (AvgIpc) is 2.43. The Kier molecular flexibility index (Phi) is 6.68. The van der Waals surface area contributed by atoms with Gasteiger partial charge in [-0.3, -0.25) is 4.79 Å². The minimum atomic E-state index is -0.989. The lowest BCUT2D eigenvalue weighted by Crippen LogP contribution is -2.48. The van der Waals surface area contributed by atoms with Gasteiger partial charge in [-0.1, -0.05) is 30.3 Å². The van der Waals surface area contributed by atoms with E-state index in [2.05, 4.69) is 5.32 Å². The van der Waals surface area contributed by atoms with E-state index in [-0.39, 0.29) is 13.0 Å². The standard InChI is InChI=1S/C15H21NO5/c1-15(8-9-20-2,10-13(17)18)16-14(19)21-11-12-6-4-3-5-7-12/h3-7H,8-11H2,1-2H3,(H,16,19)(H,17,18). The molecule has 0 saturated carbocycles. The highest BCUT2D eigenvalue weighted by Crippen LogP contribution is 2.15. The maximum Gasteiger partial charge on any atom is 0.407 e. The minimum absolute atomic E-state index is 0.139. The molecule has 1 aromatic carbocycles. The van der Waals surface area contributed by atoms with Gasteiger partial charge in [-0.2, -0.15) is 0 Å². The summed E-state index contributed by atoms with van der Waals surface area (Å²) in [7, 11) is 1.52. The Morgan fingerprint density at radius 2 is 1.95 bits per heavy atom. The van der Waals surface area contributed by atoms with Crippen LogP contribution in [0.4, 0.5) is 4.79 Å². The van der Waals surface area contributed by atoms with Gasteiger partial charge in [0.15, 0.2) is 0 Å². The molecule has 0 heterocycles. The van der Waals surface area contributed by atoms with Gasteiger partial charge in [0.2, 0.25) is 0 Å². The van der Waals surface area contributed by atoms with Crippen molar-refractivity contribution in [3.8, 4) is 0 Å². The van der Waals surface area contributed by atoms with Crippen molar-refractivity contribution in [3.05, 3.63) is 35.9 Å². The van der Waals surface area contributed by atoms with Crippen molar-refractivity contribution in [1.82, 2.24) is 5.32 Å². The fourth-order valence-corrected chi connectivity index (χ4v) is 1.86. The molecule has 1 amide bonds. The molecule has 0 aliphatic rings. The molecule has 1 atom stereocenters. The van der Waals surface area contributed by atoms with Crippen molar-refractivity contribution in [1.29, 1.82) is 0 Å². The second kappa shape index (κ2) is 8.26. The maximum atomic E-state index is 11.8. The Bertz CT molecular complexity index is 462. The molecule has 0 bridgehead atoms. The molecule has 21 heavy (non-hydrogen) atoms. The molecular weight excluding hydrogens is 274 g/mol. The van der Waals surface area contributed by atoms with Gasteiger partial charge in [-0.05, 0) is 18.9 Å². The Balaban J connectivity index is 2.53. The van der Waals surface area contributed by atoms with Crippen LogP contribution in [0.3, 0.4) is 0 Å². The third-order valence-corrected chi connectivity index (χ3v) is 3.02. The van der Waals surface area contributed by atoms with Gasteiger partial charge in [-0.15, -0.1) is 0 Å². The Morgan fingerprint density at radius 3 is 2.52 bits per heavy atom. The van der Waals surface area contributed by atoms with Crippen molar-refractivity contribution in [2.75, 3.05) is 13.7 Å². The second-order valence-electron chi connectivity index (χ2n) is 5.06. The summed E-state index contributed by atoms with van der Waals surface area (Å²) in [5, 5.41) is 11.5. The van der Waals surface area contributed by atoms with E-state index in [0.717, 1.165) is 5.56 Å². The van der Waals surface area contributed by atoms with Gasteiger partial charge in [0.1, 0.15) is 6.61 Å². The summed E-state index contributed by atoms with van der Waals surface area (Å²) < 4.78 is 10.0. The molecule has 6 nitrogen and oxygen atoms in total. The molecule has 2 N–H and O–H groups in total. The van der Waals surface area contributed by atoms with E-state index in [1.54, 1.807) is 6.92 Å². The summed E-state index contributed by atoms with van der Waals surface area (Å²) in [5.74, 6) is -0.989. The highest BCUT2D eigenvalue weighted by Gasteiger charge is 2.29. The summed E-state index contributed by atoms with van der Waals surface area (Å²) in [4.78, 5) is 22.7. The van der Waals surface area contributed by atoms with E-state index >= 15 is 0 Å². The van der Waals surface area contributed by atoms with Crippen LogP contribution in [-0.4, -0.2) is 36.4 Å². The number of carboxylic acids is 1. The molecule has 1 unspecified atom stereocenters. The number of alkyl carbamates (subject to hydrolysis) is 1. The number of methoxy groups -OCH3 is 1. The van der Waals surface area contributed by atoms with Gasteiger partial charge < -0.3 is 19.9 Å². The predicted octanol–water partition coefficient (Wildman–Crippen LogP) is 2.18. The van der Waals surface area contributed by atoms with Crippen molar-refractivity contribution >= 4 is 12.1 Å². The van der Waals surface area contributed by atoms with Gasteiger partial charge in [0.25, 0.3) is 0 Å². The zero-order valence-corrected chi connectivity index (χ0v) is 12.3. The van der Waals surface area contributed by atoms with E-state index in [4.69, 9.17) is 14.6 Å². The summed E-state index contributed by atoms with van der Waals surface area (Å²) >= 11 is 0. The van der Waals surface area contributed by atoms with Crippen LogP contribution in [-0.2, 0) is 20.9 Å². The highest BCUT2D eigenvalue weighted by molar-refractivity contribution is 5.72. The zero-order chi connectivity index (χ0) is 15.7. The van der Waals surface area contributed by atoms with Crippen LogP contribution in [0.25, 0.3) is 0 Å². The first kappa shape index (κ1) is 17.0. The molecule has 0 aliphatic heterocycles. The van der Waals surface area contributed by atoms with Crippen molar-refractivity contribution in [2.24, 2.45) is 0 Å². The number of nitrogens with one attached hydrogen (secondary N) is 1. The molecule has 1 rings (SSSR count). The summed E-state index contributed by atoms with van der Waals surface area (Å²) in [6.45, 7) is 2.15. The van der Waals surface area contributed by atoms with E-state index < -0.39 is 17.6 Å². The lowest BCUT2D eigenvalue weighted by molar-refractivity contribution is -0.138. The topological polar surface area (TPSA) is 84.9 Å². The molecule has 116 valence electrons. The van der Waals surface area contributed by atoms with Crippen LogP contribution in [0, 0.1) is 0 Å². The molecule has 0 saturated heterocycles. The summed E-state index contributed by atoms with van der Waals surface area (Å²) in [6.07, 6.45) is -0.453. The SMILES string of the molecule is COCCC(C)(CC(=O)O)NC(=O)OCc1ccccc1. The van der Waals surface area contributed by atoms with Crippen LogP contribution < -0.4 is 5.32 Å². The van der Waals surface area contributed by atoms with E-state index in [9.17, 15) is 9.59 Å².